The van der Waals surface area contributed by atoms with E-state index in [4.69, 9.17) is 0 Å². The molecular formula is C8H8Cl2Os. The predicted octanol–water partition coefficient (Wildman–Crippen LogP) is -3.77. The summed E-state index contributed by atoms with van der Waals surface area (Å²) < 4.78 is 0. The molecule has 0 bridgehead atoms. The number of hydrogen-bond donors (Lipinski definition) is 0. The van der Waals surface area contributed by atoms with Crippen LogP contribution in [0.3, 0.4) is 0 Å². The van der Waals surface area contributed by atoms with Gasteiger partial charge in [0.15, 0.2) is 0 Å². The van der Waals surface area contributed by atoms with Crippen LogP contribution in [0.5, 0.6) is 0 Å². The van der Waals surface area contributed by atoms with Gasteiger partial charge in [-0.25, -0.2) is 0 Å². The van der Waals surface area contributed by atoms with Gasteiger partial charge in [-0.3, -0.25) is 0 Å². The Kier molecular flexibility index (Phi) is 20.2. The second-order valence-corrected chi connectivity index (χ2v) is 1.54. The Hall–Kier alpha value is 0.176. The van der Waals surface area contributed by atoms with Crippen molar-refractivity contribution in [2.24, 2.45) is 0 Å². The van der Waals surface area contributed by atoms with Crippen molar-refractivity contribution in [3.63, 3.8) is 0 Å². The van der Waals surface area contributed by atoms with Gasteiger partial charge in [0.2, 0.25) is 0 Å². The maximum Gasteiger partial charge on any atom is 2.00 e. The molecule has 1 aliphatic rings. The summed E-state index contributed by atoms with van der Waals surface area (Å²) in [6.07, 6.45) is 16.0. The van der Waals surface area contributed by atoms with Crippen LogP contribution < -0.4 is 24.8 Å². The van der Waals surface area contributed by atoms with Gasteiger partial charge >= 0.3 is 19.8 Å². The van der Waals surface area contributed by atoms with Crippen molar-refractivity contribution in [1.82, 2.24) is 0 Å². The molecule has 3 heteroatoms. The molecule has 0 radical (unpaired) electrons. The van der Waals surface area contributed by atoms with Crippen molar-refractivity contribution < 1.29 is 44.6 Å². The van der Waals surface area contributed by atoms with Crippen molar-refractivity contribution in [2.45, 2.75) is 0 Å². The monoisotopic (exact) mass is 366 g/mol. The van der Waals surface area contributed by atoms with E-state index in [0.717, 1.165) is 0 Å². The molecule has 0 amide bonds. The molecule has 0 aromatic heterocycles. The van der Waals surface area contributed by atoms with Crippen LogP contribution in [-0.2, 0) is 19.8 Å². The van der Waals surface area contributed by atoms with Crippen LogP contribution in [0.2, 0.25) is 0 Å². The summed E-state index contributed by atoms with van der Waals surface area (Å²) in [4.78, 5) is 0. The minimum Gasteiger partial charge on any atom is -1.00 e. The minimum atomic E-state index is 0. The van der Waals surface area contributed by atoms with Crippen LogP contribution in [0.4, 0.5) is 0 Å². The van der Waals surface area contributed by atoms with E-state index < -0.39 is 0 Å². The summed E-state index contributed by atoms with van der Waals surface area (Å²) >= 11 is 0. The van der Waals surface area contributed by atoms with E-state index in [1.807, 2.05) is 48.6 Å². The molecule has 0 spiro atoms. The van der Waals surface area contributed by atoms with Gasteiger partial charge in [-0.05, 0) is 0 Å². The van der Waals surface area contributed by atoms with E-state index in [1.54, 1.807) is 0 Å². The SMILES string of the molecule is C1=C\C=C/C=C\C=C/1.[Cl-].[Cl-].[Os+2]. The van der Waals surface area contributed by atoms with E-state index in [-0.39, 0.29) is 44.6 Å². The van der Waals surface area contributed by atoms with Crippen LogP contribution in [-0.4, -0.2) is 0 Å². The number of halogens is 2. The normalized spacial score (nSPS) is 23.3. The van der Waals surface area contributed by atoms with Gasteiger partial charge in [0, 0.05) is 0 Å². The summed E-state index contributed by atoms with van der Waals surface area (Å²) in [7, 11) is 0. The third kappa shape index (κ3) is 10.2. The van der Waals surface area contributed by atoms with E-state index >= 15 is 0 Å². The first-order chi connectivity index (χ1) is 4.00. The van der Waals surface area contributed by atoms with E-state index in [1.165, 1.54) is 0 Å². The molecule has 0 unspecified atom stereocenters. The van der Waals surface area contributed by atoms with Crippen molar-refractivity contribution in [3.8, 4) is 0 Å². The second-order valence-electron chi connectivity index (χ2n) is 1.54. The zero-order valence-corrected chi connectivity index (χ0v) is 9.78. The van der Waals surface area contributed by atoms with Crippen molar-refractivity contribution >= 4 is 0 Å². The molecule has 0 heterocycles. The molecule has 0 aromatic rings. The molecule has 0 fully saturated rings. The van der Waals surface area contributed by atoms with Crippen molar-refractivity contribution in [3.05, 3.63) is 48.6 Å². The van der Waals surface area contributed by atoms with E-state index in [2.05, 4.69) is 0 Å². The Balaban J connectivity index is -0.000000213. The van der Waals surface area contributed by atoms with Crippen LogP contribution in [0.15, 0.2) is 48.6 Å². The summed E-state index contributed by atoms with van der Waals surface area (Å²) in [5, 5.41) is 0. The standard InChI is InChI=1S/C8H8.2ClH.Os/c1-2-4-6-8-7-5-3-1;;;/h1-8H;2*1H;/q;;;+2/p-2/b2-1-,3-1?,4-2?,5-3-,6-4-,7-5?,8-6?,8-7-;;;. The largest absolute Gasteiger partial charge is 2.00 e. The molecule has 0 aromatic carbocycles. The van der Waals surface area contributed by atoms with Crippen LogP contribution in [0.1, 0.15) is 0 Å². The topological polar surface area (TPSA) is 0 Å². The third-order valence-electron chi connectivity index (χ3n) is 0.889. The van der Waals surface area contributed by atoms with Gasteiger partial charge in [-0.1, -0.05) is 48.6 Å². The summed E-state index contributed by atoms with van der Waals surface area (Å²) in [6.45, 7) is 0. The maximum absolute atomic E-state index is 2.00. The Labute approximate surface area is 93.0 Å². The average molecular weight is 365 g/mol. The fourth-order valence-corrected chi connectivity index (χ4v) is 0.513. The zero-order chi connectivity index (χ0) is 5.66. The Morgan fingerprint density at radius 3 is 0.545 bits per heavy atom. The fourth-order valence-electron chi connectivity index (χ4n) is 0.513. The molecule has 1 rings (SSSR count). The maximum atomic E-state index is 2.00. The van der Waals surface area contributed by atoms with Crippen molar-refractivity contribution in [2.75, 3.05) is 0 Å². The third-order valence-corrected chi connectivity index (χ3v) is 0.889. The van der Waals surface area contributed by atoms with Crippen LogP contribution in [0, 0.1) is 0 Å². The van der Waals surface area contributed by atoms with Gasteiger partial charge in [-0.15, -0.1) is 0 Å². The Morgan fingerprint density at radius 1 is 0.364 bits per heavy atom. The molecular weight excluding hydrogens is 357 g/mol. The molecule has 1 aliphatic carbocycles. The summed E-state index contributed by atoms with van der Waals surface area (Å²) in [5.74, 6) is 0. The van der Waals surface area contributed by atoms with Gasteiger partial charge in [0.05, 0.1) is 0 Å². The average Bonchev–Trinajstić information content (AvgIpc) is 1.62. The Bertz CT molecular complexity index is 113. The van der Waals surface area contributed by atoms with Gasteiger partial charge < -0.3 is 24.8 Å². The van der Waals surface area contributed by atoms with Crippen LogP contribution in [0.25, 0.3) is 0 Å². The molecule has 0 atom stereocenters. The smallest absolute Gasteiger partial charge is 1.00 e. The first-order valence-electron chi connectivity index (χ1n) is 2.67. The quantitative estimate of drug-likeness (QED) is 0.414. The Morgan fingerprint density at radius 2 is 0.455 bits per heavy atom. The minimum absolute atomic E-state index is 0. The zero-order valence-electron chi connectivity index (χ0n) is 5.73. The molecule has 62 valence electrons. The number of rotatable bonds is 0. The summed E-state index contributed by atoms with van der Waals surface area (Å²) in [6, 6.07) is 0. The van der Waals surface area contributed by atoms with Gasteiger partial charge in [0.1, 0.15) is 0 Å². The molecule has 0 saturated carbocycles. The first-order valence-corrected chi connectivity index (χ1v) is 2.67. The van der Waals surface area contributed by atoms with Gasteiger partial charge in [-0.2, -0.15) is 0 Å². The molecule has 0 N–H and O–H groups in total. The molecule has 11 heavy (non-hydrogen) atoms. The first kappa shape index (κ1) is 17.3. The van der Waals surface area contributed by atoms with Gasteiger partial charge in [0.25, 0.3) is 0 Å². The number of hydrogen-bond acceptors (Lipinski definition) is 0. The van der Waals surface area contributed by atoms with E-state index in [0.29, 0.717) is 0 Å². The fraction of sp³-hybridized carbons (Fsp3) is 0. The number of allylic oxidation sites excluding steroid dienone is 8. The predicted molar refractivity (Wildman–Crippen MR) is 36.6 cm³/mol. The van der Waals surface area contributed by atoms with Crippen molar-refractivity contribution in [1.29, 1.82) is 0 Å². The molecule has 0 saturated heterocycles. The van der Waals surface area contributed by atoms with E-state index in [9.17, 15) is 0 Å². The molecule has 0 aliphatic heterocycles. The van der Waals surface area contributed by atoms with Crippen LogP contribution >= 0.6 is 0 Å². The summed E-state index contributed by atoms with van der Waals surface area (Å²) in [5.41, 5.74) is 0. The second kappa shape index (κ2) is 12.8. The molecule has 0 nitrogen and oxygen atoms in total.